The van der Waals surface area contributed by atoms with E-state index in [1.54, 1.807) is 11.1 Å². The summed E-state index contributed by atoms with van der Waals surface area (Å²) in [4.78, 5) is 36.2. The van der Waals surface area contributed by atoms with Crippen molar-refractivity contribution in [3.05, 3.63) is 75.7 Å². The van der Waals surface area contributed by atoms with Gasteiger partial charge in [-0.2, -0.15) is 9.61 Å². The molecular formula is C29H30FN5O2. The van der Waals surface area contributed by atoms with Gasteiger partial charge in [0.1, 0.15) is 11.3 Å². The smallest absolute Gasteiger partial charge is 0.274 e. The van der Waals surface area contributed by atoms with Gasteiger partial charge < -0.3 is 9.88 Å². The van der Waals surface area contributed by atoms with Gasteiger partial charge in [-0.25, -0.2) is 0 Å². The Balaban J connectivity index is 1.44. The highest BCUT2D eigenvalue weighted by Crippen LogP contribution is 2.34. The van der Waals surface area contributed by atoms with Crippen LogP contribution < -0.4 is 5.56 Å². The average molecular weight is 500 g/mol. The van der Waals surface area contributed by atoms with E-state index >= 15 is 0 Å². The number of benzene rings is 1. The molecule has 6 rings (SSSR count). The summed E-state index contributed by atoms with van der Waals surface area (Å²) in [5.74, 6) is 0.166. The summed E-state index contributed by atoms with van der Waals surface area (Å²) < 4.78 is 14.3. The van der Waals surface area contributed by atoms with Gasteiger partial charge >= 0.3 is 0 Å². The quantitative estimate of drug-likeness (QED) is 0.412. The van der Waals surface area contributed by atoms with Crippen LogP contribution in [0.15, 0.2) is 53.5 Å². The first kappa shape index (κ1) is 23.6. The molecule has 3 aromatic heterocycles. The number of alkyl halides is 1. The standard InChI is InChI=1S/C29H30FN5O2/c1-18-11-12-31-24(13-18)27-26(29(37)34-16-19(15-30)17-34)28-32-23(14-25(36)35(28)33-27)22-9-7-21(8-10-22)20-5-3-2-4-6-20/h7-14,19-20,32H,2-6,15-17H2,1H3. The van der Waals surface area contributed by atoms with E-state index in [-0.39, 0.29) is 22.9 Å². The molecule has 1 saturated heterocycles. The minimum Gasteiger partial charge on any atom is -0.339 e. The summed E-state index contributed by atoms with van der Waals surface area (Å²) in [7, 11) is 0. The molecule has 0 bridgehead atoms. The second-order valence-corrected chi connectivity index (χ2v) is 10.4. The van der Waals surface area contributed by atoms with E-state index < -0.39 is 6.67 Å². The number of H-pyrrole nitrogens is 1. The van der Waals surface area contributed by atoms with E-state index in [0.29, 0.717) is 41.7 Å². The van der Waals surface area contributed by atoms with E-state index in [0.717, 1.165) is 11.1 Å². The van der Waals surface area contributed by atoms with Crippen LogP contribution in [0.25, 0.3) is 28.3 Å². The summed E-state index contributed by atoms with van der Waals surface area (Å²) in [6.07, 6.45) is 7.96. The van der Waals surface area contributed by atoms with E-state index in [4.69, 9.17) is 0 Å². The van der Waals surface area contributed by atoms with Gasteiger partial charge in [-0.05, 0) is 54.5 Å². The molecule has 1 amide bonds. The van der Waals surface area contributed by atoms with Crippen molar-refractivity contribution in [2.75, 3.05) is 19.8 Å². The molecule has 0 radical (unpaired) electrons. The first-order valence-corrected chi connectivity index (χ1v) is 13.1. The van der Waals surface area contributed by atoms with Gasteiger partial charge in [-0.15, -0.1) is 0 Å². The number of pyridine rings is 1. The van der Waals surface area contributed by atoms with Crippen molar-refractivity contribution >= 4 is 11.6 Å². The van der Waals surface area contributed by atoms with Gasteiger partial charge in [-0.3, -0.25) is 19.0 Å². The Kier molecular flexibility index (Phi) is 6.10. The lowest BCUT2D eigenvalue weighted by Gasteiger charge is -2.37. The number of rotatable bonds is 5. The second-order valence-electron chi connectivity index (χ2n) is 10.4. The number of nitrogens with one attached hydrogen (secondary N) is 1. The third-order valence-corrected chi connectivity index (χ3v) is 7.75. The number of hydrogen-bond acceptors (Lipinski definition) is 4. The highest BCUT2D eigenvalue weighted by Gasteiger charge is 2.35. The second kappa shape index (κ2) is 9.57. The van der Waals surface area contributed by atoms with E-state index in [9.17, 15) is 14.0 Å². The molecular weight excluding hydrogens is 469 g/mol. The lowest BCUT2D eigenvalue weighted by atomic mass is 9.84. The third-order valence-electron chi connectivity index (χ3n) is 7.75. The zero-order valence-electron chi connectivity index (χ0n) is 20.9. The number of carbonyl (C=O) groups is 1. The number of aromatic nitrogens is 4. The molecule has 190 valence electrons. The van der Waals surface area contributed by atoms with Crippen LogP contribution in [0.1, 0.15) is 59.5 Å². The number of likely N-dealkylation sites (tertiary alicyclic amines) is 1. The van der Waals surface area contributed by atoms with E-state index in [1.165, 1.54) is 48.2 Å². The molecule has 0 spiro atoms. The fourth-order valence-electron chi connectivity index (χ4n) is 5.61. The number of halogens is 1. The first-order valence-electron chi connectivity index (χ1n) is 13.1. The Bertz CT molecular complexity index is 1510. The predicted octanol–water partition coefficient (Wildman–Crippen LogP) is 5.15. The minimum absolute atomic E-state index is 0.149. The summed E-state index contributed by atoms with van der Waals surface area (Å²) >= 11 is 0. The highest BCUT2D eigenvalue weighted by molar-refractivity contribution is 6.05. The third kappa shape index (κ3) is 4.34. The van der Waals surface area contributed by atoms with Gasteiger partial charge in [0.05, 0.1) is 18.1 Å². The van der Waals surface area contributed by atoms with Crippen LogP contribution in [0.3, 0.4) is 0 Å². The number of carbonyl (C=O) groups excluding carboxylic acids is 1. The molecule has 1 aromatic carbocycles. The first-order chi connectivity index (χ1) is 18.0. The summed E-state index contributed by atoms with van der Waals surface area (Å²) in [6, 6.07) is 13.6. The van der Waals surface area contributed by atoms with Crippen LogP contribution in [-0.4, -0.2) is 50.2 Å². The van der Waals surface area contributed by atoms with Crippen molar-refractivity contribution in [3.8, 4) is 22.6 Å². The monoisotopic (exact) mass is 499 g/mol. The number of fused-ring (bicyclic) bond motifs is 1. The van der Waals surface area contributed by atoms with Crippen molar-refractivity contribution in [2.24, 2.45) is 5.92 Å². The maximum Gasteiger partial charge on any atom is 0.274 e. The van der Waals surface area contributed by atoms with E-state index in [1.807, 2.05) is 31.2 Å². The molecule has 4 aromatic rings. The van der Waals surface area contributed by atoms with Crippen LogP contribution in [0.5, 0.6) is 0 Å². The van der Waals surface area contributed by atoms with Crippen LogP contribution >= 0.6 is 0 Å². The van der Waals surface area contributed by atoms with Crippen molar-refractivity contribution in [1.29, 1.82) is 0 Å². The molecule has 4 heterocycles. The normalized spacial score (nSPS) is 16.8. The van der Waals surface area contributed by atoms with Crippen LogP contribution in [0.2, 0.25) is 0 Å². The molecule has 1 N–H and O–H groups in total. The molecule has 1 saturated carbocycles. The molecule has 1 aliphatic heterocycles. The van der Waals surface area contributed by atoms with Gasteiger partial charge in [0.15, 0.2) is 5.65 Å². The number of aryl methyl sites for hydroxylation is 1. The molecule has 7 nitrogen and oxygen atoms in total. The number of amides is 1. The van der Waals surface area contributed by atoms with Crippen molar-refractivity contribution in [2.45, 2.75) is 44.9 Å². The van der Waals surface area contributed by atoms with Crippen molar-refractivity contribution in [3.63, 3.8) is 0 Å². The Morgan fingerprint density at radius 3 is 2.54 bits per heavy atom. The topological polar surface area (TPSA) is 83.4 Å². The Morgan fingerprint density at radius 2 is 1.84 bits per heavy atom. The van der Waals surface area contributed by atoms with Gasteiger partial charge in [0.25, 0.3) is 11.5 Å². The van der Waals surface area contributed by atoms with Gasteiger partial charge in [0, 0.05) is 31.3 Å². The Labute approximate surface area is 214 Å². The van der Waals surface area contributed by atoms with Crippen molar-refractivity contribution < 1.29 is 9.18 Å². The average Bonchev–Trinajstić information content (AvgIpc) is 3.29. The maximum absolute atomic E-state index is 13.6. The van der Waals surface area contributed by atoms with E-state index in [2.05, 4.69) is 27.2 Å². The van der Waals surface area contributed by atoms with Crippen molar-refractivity contribution in [1.82, 2.24) is 24.5 Å². The minimum atomic E-state index is -0.456. The molecule has 2 fully saturated rings. The van der Waals surface area contributed by atoms with Crippen LogP contribution in [0.4, 0.5) is 4.39 Å². The fourth-order valence-corrected chi connectivity index (χ4v) is 5.61. The number of aromatic amines is 1. The summed E-state index contributed by atoms with van der Waals surface area (Å²) in [5, 5.41) is 4.52. The summed E-state index contributed by atoms with van der Waals surface area (Å²) in [5.41, 5.74) is 4.92. The van der Waals surface area contributed by atoms with Crippen LogP contribution in [-0.2, 0) is 0 Å². The fraction of sp³-hybridized carbons (Fsp3) is 0.379. The molecule has 1 aliphatic carbocycles. The Morgan fingerprint density at radius 1 is 1.08 bits per heavy atom. The predicted molar refractivity (Wildman–Crippen MR) is 140 cm³/mol. The molecule has 8 heteroatoms. The molecule has 37 heavy (non-hydrogen) atoms. The molecule has 0 unspecified atom stereocenters. The SMILES string of the molecule is Cc1ccnc(-c2nn3c(=O)cc(-c4ccc(C5CCCCC5)cc4)[nH]c3c2C(=O)N2CC(CF)C2)c1. The van der Waals surface area contributed by atoms with Crippen LogP contribution in [0, 0.1) is 12.8 Å². The Hall–Kier alpha value is -3.81. The zero-order chi connectivity index (χ0) is 25.5. The maximum atomic E-state index is 13.6. The number of hydrogen-bond donors (Lipinski definition) is 1. The number of nitrogens with zero attached hydrogens (tertiary/aromatic N) is 4. The van der Waals surface area contributed by atoms with Gasteiger partial charge in [-0.1, -0.05) is 43.5 Å². The van der Waals surface area contributed by atoms with Gasteiger partial charge in [0.2, 0.25) is 0 Å². The lowest BCUT2D eigenvalue weighted by molar-refractivity contribution is 0.0455. The highest BCUT2D eigenvalue weighted by atomic mass is 19.1. The zero-order valence-corrected chi connectivity index (χ0v) is 20.9. The molecule has 0 atom stereocenters. The molecule has 2 aliphatic rings. The lowest BCUT2D eigenvalue weighted by Crippen LogP contribution is -2.50. The summed E-state index contributed by atoms with van der Waals surface area (Å²) in [6.45, 7) is 2.17. The largest absolute Gasteiger partial charge is 0.339 e.